The molecule has 0 bridgehead atoms. The van der Waals surface area contributed by atoms with Gasteiger partial charge in [-0.15, -0.1) is 5.10 Å². The molecule has 1 amide bonds. The molecule has 1 heterocycles. The number of nitrogens with zero attached hydrogens (tertiary/aromatic N) is 4. The quantitative estimate of drug-likeness (QED) is 0.807. The Bertz CT molecular complexity index is 682. The topological polar surface area (TPSA) is 81.9 Å². The van der Waals surface area contributed by atoms with Gasteiger partial charge < -0.3 is 10.1 Å². The third-order valence-electron chi connectivity index (χ3n) is 4.11. The Labute approximate surface area is 145 Å². The van der Waals surface area contributed by atoms with Gasteiger partial charge in [-0.05, 0) is 54.5 Å². The number of benzene rings is 1. The van der Waals surface area contributed by atoms with Crippen LogP contribution in [0.15, 0.2) is 29.4 Å². The van der Waals surface area contributed by atoms with Gasteiger partial charge in [0.15, 0.2) is 0 Å². The van der Waals surface area contributed by atoms with Crippen LogP contribution in [0.3, 0.4) is 0 Å². The summed E-state index contributed by atoms with van der Waals surface area (Å²) >= 11 is 1.36. The van der Waals surface area contributed by atoms with E-state index in [0.717, 1.165) is 24.3 Å². The Morgan fingerprint density at radius 2 is 2.04 bits per heavy atom. The lowest BCUT2D eigenvalue weighted by Crippen LogP contribution is -2.37. The fourth-order valence-corrected chi connectivity index (χ4v) is 3.55. The van der Waals surface area contributed by atoms with Crippen LogP contribution in [0.1, 0.15) is 32.6 Å². The van der Waals surface area contributed by atoms with Crippen molar-refractivity contribution in [2.45, 2.75) is 49.1 Å². The van der Waals surface area contributed by atoms with Gasteiger partial charge >= 0.3 is 0 Å². The van der Waals surface area contributed by atoms with Crippen molar-refractivity contribution in [3.8, 4) is 11.4 Å². The number of aromatic nitrogens is 4. The number of hydrogen-bond acceptors (Lipinski definition) is 6. The molecule has 0 aliphatic heterocycles. The number of tetrazole rings is 1. The average molecular weight is 347 g/mol. The monoisotopic (exact) mass is 347 g/mol. The molecule has 1 fully saturated rings. The highest BCUT2D eigenvalue weighted by Crippen LogP contribution is 2.25. The first-order chi connectivity index (χ1) is 11.7. The molecule has 24 heavy (non-hydrogen) atoms. The summed E-state index contributed by atoms with van der Waals surface area (Å²) in [6.45, 7) is 1.88. The van der Waals surface area contributed by atoms with Crippen molar-refractivity contribution in [2.75, 3.05) is 7.11 Å². The van der Waals surface area contributed by atoms with Crippen molar-refractivity contribution >= 4 is 17.7 Å². The highest BCUT2D eigenvalue weighted by molar-refractivity contribution is 8.00. The Balaban J connectivity index is 1.66. The number of amides is 1. The third kappa shape index (κ3) is 3.87. The Kier molecular flexibility index (Phi) is 5.34. The zero-order valence-electron chi connectivity index (χ0n) is 13.8. The van der Waals surface area contributed by atoms with Gasteiger partial charge in [-0.3, -0.25) is 4.79 Å². The number of rotatable bonds is 6. The van der Waals surface area contributed by atoms with Crippen LogP contribution in [0.2, 0.25) is 0 Å². The van der Waals surface area contributed by atoms with Gasteiger partial charge in [-0.2, -0.15) is 4.68 Å². The van der Waals surface area contributed by atoms with E-state index < -0.39 is 0 Å². The molecular weight excluding hydrogens is 326 g/mol. The molecule has 1 atom stereocenters. The summed E-state index contributed by atoms with van der Waals surface area (Å²) < 4.78 is 6.79. The van der Waals surface area contributed by atoms with E-state index in [1.54, 1.807) is 11.8 Å². The third-order valence-corrected chi connectivity index (χ3v) is 5.14. The Morgan fingerprint density at radius 1 is 1.33 bits per heavy atom. The molecule has 8 heteroatoms. The fraction of sp³-hybridized carbons (Fsp3) is 0.500. The number of hydrogen-bond donors (Lipinski definition) is 1. The summed E-state index contributed by atoms with van der Waals surface area (Å²) in [4.78, 5) is 12.3. The van der Waals surface area contributed by atoms with E-state index in [4.69, 9.17) is 4.74 Å². The standard InChI is InChI=1S/C16H21N5O2S/c1-11(15(22)17-12-5-3-4-6-12)24-16-18-19-20-21(16)13-7-9-14(23-2)10-8-13/h7-12H,3-6H2,1-2H3,(H,17,22)/t11-/m0/s1. The van der Waals surface area contributed by atoms with E-state index in [9.17, 15) is 4.79 Å². The highest BCUT2D eigenvalue weighted by atomic mass is 32.2. The SMILES string of the molecule is COc1ccc(-n2nnnc2S[C@@H](C)C(=O)NC2CCCC2)cc1. The normalized spacial score (nSPS) is 16.1. The first kappa shape index (κ1) is 16.8. The van der Waals surface area contributed by atoms with E-state index in [0.29, 0.717) is 11.2 Å². The summed E-state index contributed by atoms with van der Waals surface area (Å²) in [7, 11) is 1.62. The molecule has 0 unspecified atom stereocenters. The van der Waals surface area contributed by atoms with Crippen molar-refractivity contribution in [3.05, 3.63) is 24.3 Å². The van der Waals surface area contributed by atoms with Gasteiger partial charge in [0.05, 0.1) is 18.0 Å². The number of methoxy groups -OCH3 is 1. The summed E-state index contributed by atoms with van der Waals surface area (Å²) in [6, 6.07) is 7.77. The number of thioether (sulfide) groups is 1. The number of nitrogens with one attached hydrogen (secondary N) is 1. The van der Waals surface area contributed by atoms with Gasteiger partial charge in [-0.25, -0.2) is 0 Å². The molecule has 3 rings (SSSR count). The zero-order valence-corrected chi connectivity index (χ0v) is 14.6. The second-order valence-electron chi connectivity index (χ2n) is 5.82. The minimum atomic E-state index is -0.256. The van der Waals surface area contributed by atoms with Gasteiger partial charge in [0.2, 0.25) is 11.1 Å². The number of ether oxygens (including phenoxy) is 1. The molecule has 2 aromatic rings. The van der Waals surface area contributed by atoms with Crippen molar-refractivity contribution in [1.29, 1.82) is 0 Å². The maximum Gasteiger partial charge on any atom is 0.233 e. The lowest BCUT2D eigenvalue weighted by molar-refractivity contribution is -0.120. The molecule has 1 saturated carbocycles. The minimum absolute atomic E-state index is 0.0381. The molecule has 1 N–H and O–H groups in total. The van der Waals surface area contributed by atoms with E-state index in [1.807, 2.05) is 31.2 Å². The van der Waals surface area contributed by atoms with Crippen LogP contribution in [0, 0.1) is 0 Å². The molecule has 1 aliphatic rings. The minimum Gasteiger partial charge on any atom is -0.497 e. The predicted octanol–water partition coefficient (Wildman–Crippen LogP) is 2.21. The van der Waals surface area contributed by atoms with Gasteiger partial charge in [-0.1, -0.05) is 24.6 Å². The van der Waals surface area contributed by atoms with Gasteiger partial charge in [0.25, 0.3) is 0 Å². The lowest BCUT2D eigenvalue weighted by atomic mass is 10.2. The first-order valence-corrected chi connectivity index (χ1v) is 8.95. The molecule has 128 valence electrons. The van der Waals surface area contributed by atoms with E-state index in [2.05, 4.69) is 20.8 Å². The second kappa shape index (κ2) is 7.65. The maximum absolute atomic E-state index is 12.3. The second-order valence-corrected chi connectivity index (χ2v) is 7.13. The maximum atomic E-state index is 12.3. The largest absolute Gasteiger partial charge is 0.497 e. The molecule has 1 aromatic carbocycles. The molecular formula is C16H21N5O2S. The number of carbonyl (C=O) groups is 1. The molecule has 1 aromatic heterocycles. The summed E-state index contributed by atoms with van der Waals surface area (Å²) in [5.41, 5.74) is 0.826. The first-order valence-electron chi connectivity index (χ1n) is 8.07. The Morgan fingerprint density at radius 3 is 2.71 bits per heavy atom. The Hall–Kier alpha value is -2.09. The van der Waals surface area contributed by atoms with E-state index in [1.165, 1.54) is 24.6 Å². The van der Waals surface area contributed by atoms with Crippen LogP contribution in [-0.4, -0.2) is 44.5 Å². The zero-order chi connectivity index (χ0) is 16.9. The van der Waals surface area contributed by atoms with Gasteiger partial charge in [0.1, 0.15) is 5.75 Å². The van der Waals surface area contributed by atoms with E-state index in [-0.39, 0.29) is 11.2 Å². The molecule has 0 radical (unpaired) electrons. The van der Waals surface area contributed by atoms with Crippen molar-refractivity contribution in [1.82, 2.24) is 25.5 Å². The lowest BCUT2D eigenvalue weighted by Gasteiger charge is -2.16. The van der Waals surface area contributed by atoms with Crippen LogP contribution >= 0.6 is 11.8 Å². The van der Waals surface area contributed by atoms with Crippen LogP contribution in [-0.2, 0) is 4.79 Å². The predicted molar refractivity (Wildman–Crippen MR) is 91.4 cm³/mol. The number of carbonyl (C=O) groups excluding carboxylic acids is 1. The van der Waals surface area contributed by atoms with Crippen molar-refractivity contribution in [2.24, 2.45) is 0 Å². The smallest absolute Gasteiger partial charge is 0.233 e. The summed E-state index contributed by atoms with van der Waals surface area (Å²) in [5.74, 6) is 0.807. The summed E-state index contributed by atoms with van der Waals surface area (Å²) in [6.07, 6.45) is 4.55. The fourth-order valence-electron chi connectivity index (χ4n) is 2.74. The highest BCUT2D eigenvalue weighted by Gasteiger charge is 2.23. The van der Waals surface area contributed by atoms with Crippen molar-refractivity contribution in [3.63, 3.8) is 0 Å². The van der Waals surface area contributed by atoms with E-state index >= 15 is 0 Å². The van der Waals surface area contributed by atoms with Crippen molar-refractivity contribution < 1.29 is 9.53 Å². The average Bonchev–Trinajstić information content (AvgIpc) is 3.27. The van der Waals surface area contributed by atoms with Crippen LogP contribution in [0.25, 0.3) is 5.69 Å². The van der Waals surface area contributed by atoms with Crippen LogP contribution in [0.5, 0.6) is 5.75 Å². The summed E-state index contributed by atoms with van der Waals surface area (Å²) in [5, 5.41) is 15.2. The molecule has 0 spiro atoms. The van der Waals surface area contributed by atoms with Crippen LogP contribution < -0.4 is 10.1 Å². The molecule has 0 saturated heterocycles. The molecule has 7 nitrogen and oxygen atoms in total. The van der Waals surface area contributed by atoms with Gasteiger partial charge in [0, 0.05) is 6.04 Å². The molecule has 1 aliphatic carbocycles. The van der Waals surface area contributed by atoms with Crippen LogP contribution in [0.4, 0.5) is 0 Å².